The van der Waals surface area contributed by atoms with Gasteiger partial charge >= 0.3 is 0 Å². The van der Waals surface area contributed by atoms with Crippen LogP contribution in [0.1, 0.15) is 12.0 Å². The highest BCUT2D eigenvalue weighted by Gasteiger charge is 2.28. The molecule has 0 bridgehead atoms. The lowest BCUT2D eigenvalue weighted by molar-refractivity contribution is -0.121. The molecule has 4 rings (SSSR count). The number of aliphatic hydroxyl groups excluding tert-OH is 1. The smallest absolute Gasteiger partial charge is 0.221 e. The van der Waals surface area contributed by atoms with Gasteiger partial charge in [0.2, 0.25) is 5.91 Å². The van der Waals surface area contributed by atoms with E-state index in [2.05, 4.69) is 15.5 Å². The molecule has 1 atom stereocenters. The Labute approximate surface area is 174 Å². The second-order valence-electron chi connectivity index (χ2n) is 7.02. The van der Waals surface area contributed by atoms with Crippen molar-refractivity contribution in [1.29, 1.82) is 0 Å². The van der Waals surface area contributed by atoms with Gasteiger partial charge in [0, 0.05) is 43.7 Å². The Morgan fingerprint density at radius 1 is 1.31 bits per heavy atom. The molecule has 2 aromatic carbocycles. The van der Waals surface area contributed by atoms with Crippen LogP contribution in [0.15, 0.2) is 47.5 Å². The Balaban J connectivity index is 1.62. The highest BCUT2D eigenvalue weighted by molar-refractivity contribution is 6.31. The summed E-state index contributed by atoms with van der Waals surface area (Å²) in [4.78, 5) is 19.1. The number of amidine groups is 1. The standard InChI is InChI=1S/C21H23ClN4O3/c22-14-5-6-19-17(11-14)25-21(16-3-1-2-4-18(16)29-19)26-9-7-23-15(13-26)12-20(28)24-8-10-27/h1-6,11,15,23,27H,7-10,12-13H2,(H,24,28). The summed E-state index contributed by atoms with van der Waals surface area (Å²) in [6.07, 6.45) is 0.338. The molecule has 7 nitrogen and oxygen atoms in total. The van der Waals surface area contributed by atoms with Gasteiger partial charge in [-0.1, -0.05) is 23.7 Å². The van der Waals surface area contributed by atoms with Gasteiger partial charge in [0.15, 0.2) is 5.75 Å². The lowest BCUT2D eigenvalue weighted by Gasteiger charge is -2.35. The van der Waals surface area contributed by atoms with Gasteiger partial charge in [-0.2, -0.15) is 0 Å². The number of piperazine rings is 1. The second kappa shape index (κ2) is 8.82. The van der Waals surface area contributed by atoms with Gasteiger partial charge in [0.05, 0.1) is 12.2 Å². The number of para-hydroxylation sites is 1. The van der Waals surface area contributed by atoms with Crippen LogP contribution >= 0.6 is 11.6 Å². The Kier molecular flexibility index (Phi) is 5.99. The van der Waals surface area contributed by atoms with E-state index >= 15 is 0 Å². The fourth-order valence-corrected chi connectivity index (χ4v) is 3.75. The maximum atomic E-state index is 12.1. The van der Waals surface area contributed by atoms with E-state index in [1.807, 2.05) is 30.3 Å². The van der Waals surface area contributed by atoms with Crippen molar-refractivity contribution in [2.24, 2.45) is 4.99 Å². The predicted octanol–water partition coefficient (Wildman–Crippen LogP) is 2.30. The van der Waals surface area contributed by atoms with E-state index in [0.717, 1.165) is 30.2 Å². The van der Waals surface area contributed by atoms with E-state index in [9.17, 15) is 4.79 Å². The third-order valence-electron chi connectivity index (χ3n) is 4.92. The number of halogens is 1. The summed E-state index contributed by atoms with van der Waals surface area (Å²) < 4.78 is 6.11. The Morgan fingerprint density at radius 2 is 2.17 bits per heavy atom. The molecule has 8 heteroatoms. The minimum absolute atomic E-state index is 0.0136. The normalized spacial score (nSPS) is 18.1. The summed E-state index contributed by atoms with van der Waals surface area (Å²) in [6.45, 7) is 2.34. The number of aliphatic hydroxyl groups is 1. The summed E-state index contributed by atoms with van der Waals surface area (Å²) in [5.41, 5.74) is 1.59. The van der Waals surface area contributed by atoms with Crippen molar-refractivity contribution in [3.05, 3.63) is 53.1 Å². The molecule has 1 amide bonds. The number of carbonyl (C=O) groups is 1. The highest BCUT2D eigenvalue weighted by atomic mass is 35.5. The molecule has 2 heterocycles. The number of ether oxygens (including phenoxy) is 1. The zero-order valence-corrected chi connectivity index (χ0v) is 16.7. The molecule has 0 aromatic heterocycles. The van der Waals surface area contributed by atoms with Crippen molar-refractivity contribution in [3.63, 3.8) is 0 Å². The van der Waals surface area contributed by atoms with Crippen molar-refractivity contribution >= 4 is 29.0 Å². The number of nitrogens with one attached hydrogen (secondary N) is 2. The van der Waals surface area contributed by atoms with E-state index in [4.69, 9.17) is 26.4 Å². The van der Waals surface area contributed by atoms with Crippen LogP contribution < -0.4 is 15.4 Å². The van der Waals surface area contributed by atoms with Crippen molar-refractivity contribution in [2.45, 2.75) is 12.5 Å². The fraction of sp³-hybridized carbons (Fsp3) is 0.333. The minimum atomic E-state index is -0.0814. The number of nitrogens with zero attached hydrogens (tertiary/aromatic N) is 2. The molecule has 0 spiro atoms. The van der Waals surface area contributed by atoms with E-state index in [-0.39, 0.29) is 25.1 Å². The number of carbonyl (C=O) groups excluding carboxylic acids is 1. The molecule has 152 valence electrons. The summed E-state index contributed by atoms with van der Waals surface area (Å²) in [5.74, 6) is 2.13. The van der Waals surface area contributed by atoms with E-state index in [1.54, 1.807) is 12.1 Å². The van der Waals surface area contributed by atoms with Crippen molar-refractivity contribution in [2.75, 3.05) is 32.8 Å². The molecule has 2 aromatic rings. The molecular weight excluding hydrogens is 392 g/mol. The van der Waals surface area contributed by atoms with Gasteiger partial charge in [-0.15, -0.1) is 0 Å². The van der Waals surface area contributed by atoms with Crippen LogP contribution in [0.4, 0.5) is 5.69 Å². The summed E-state index contributed by atoms with van der Waals surface area (Å²) in [6, 6.07) is 13.2. The van der Waals surface area contributed by atoms with Gasteiger partial charge in [-0.3, -0.25) is 4.79 Å². The van der Waals surface area contributed by atoms with Crippen LogP contribution in [-0.4, -0.2) is 60.6 Å². The van der Waals surface area contributed by atoms with E-state index in [1.165, 1.54) is 0 Å². The molecular formula is C21H23ClN4O3. The molecule has 29 heavy (non-hydrogen) atoms. The van der Waals surface area contributed by atoms with Crippen molar-refractivity contribution < 1.29 is 14.6 Å². The van der Waals surface area contributed by atoms with E-state index < -0.39 is 0 Å². The number of hydrogen-bond acceptors (Lipinski definition) is 6. The molecule has 0 radical (unpaired) electrons. The first-order valence-corrected chi connectivity index (χ1v) is 10.0. The Morgan fingerprint density at radius 3 is 3.03 bits per heavy atom. The zero-order chi connectivity index (χ0) is 20.2. The third-order valence-corrected chi connectivity index (χ3v) is 5.15. The lowest BCUT2D eigenvalue weighted by atomic mass is 10.1. The average molecular weight is 415 g/mol. The number of fused-ring (bicyclic) bond motifs is 2. The van der Waals surface area contributed by atoms with Gasteiger partial charge < -0.3 is 25.4 Å². The first kappa shape index (κ1) is 19.7. The summed E-state index contributed by atoms with van der Waals surface area (Å²) in [7, 11) is 0. The predicted molar refractivity (Wildman–Crippen MR) is 112 cm³/mol. The van der Waals surface area contributed by atoms with Crippen LogP contribution in [0.2, 0.25) is 5.02 Å². The average Bonchev–Trinajstić information content (AvgIpc) is 2.89. The lowest BCUT2D eigenvalue weighted by Crippen LogP contribution is -2.54. The van der Waals surface area contributed by atoms with Gasteiger partial charge in [0.1, 0.15) is 17.3 Å². The Bertz CT molecular complexity index is 934. The maximum Gasteiger partial charge on any atom is 0.221 e. The van der Waals surface area contributed by atoms with Crippen LogP contribution in [0.3, 0.4) is 0 Å². The van der Waals surface area contributed by atoms with Gasteiger partial charge in [-0.05, 0) is 30.3 Å². The number of rotatable bonds is 4. The molecule has 1 fully saturated rings. The Hall–Kier alpha value is -2.61. The molecule has 3 N–H and O–H groups in total. The molecule has 2 aliphatic heterocycles. The summed E-state index contributed by atoms with van der Waals surface area (Å²) in [5, 5.41) is 15.6. The largest absolute Gasteiger partial charge is 0.454 e. The zero-order valence-electron chi connectivity index (χ0n) is 15.9. The number of benzene rings is 2. The van der Waals surface area contributed by atoms with Gasteiger partial charge in [0.25, 0.3) is 0 Å². The number of aliphatic imine (C=N–C) groups is 1. The maximum absolute atomic E-state index is 12.1. The monoisotopic (exact) mass is 414 g/mol. The number of hydrogen-bond donors (Lipinski definition) is 3. The number of amides is 1. The highest BCUT2D eigenvalue weighted by Crippen LogP contribution is 2.39. The molecule has 2 aliphatic rings. The van der Waals surface area contributed by atoms with Crippen molar-refractivity contribution in [1.82, 2.24) is 15.5 Å². The quantitative estimate of drug-likeness (QED) is 0.714. The fourth-order valence-electron chi connectivity index (χ4n) is 3.58. The van der Waals surface area contributed by atoms with Crippen LogP contribution in [0.25, 0.3) is 0 Å². The topological polar surface area (TPSA) is 86.2 Å². The SMILES string of the molecule is O=C(CC1CN(C2=Nc3cc(Cl)ccc3Oc3ccccc32)CCN1)NCCO. The minimum Gasteiger partial charge on any atom is -0.454 e. The summed E-state index contributed by atoms with van der Waals surface area (Å²) >= 11 is 6.19. The molecule has 1 unspecified atom stereocenters. The first-order chi connectivity index (χ1) is 14.1. The molecule has 0 saturated carbocycles. The van der Waals surface area contributed by atoms with E-state index in [0.29, 0.717) is 29.4 Å². The van der Waals surface area contributed by atoms with Crippen LogP contribution in [-0.2, 0) is 4.79 Å². The molecule has 1 saturated heterocycles. The van der Waals surface area contributed by atoms with Crippen LogP contribution in [0.5, 0.6) is 11.5 Å². The third kappa shape index (κ3) is 4.53. The van der Waals surface area contributed by atoms with Gasteiger partial charge in [-0.25, -0.2) is 4.99 Å². The second-order valence-corrected chi connectivity index (χ2v) is 7.46. The van der Waals surface area contributed by atoms with Crippen molar-refractivity contribution in [3.8, 4) is 11.5 Å². The van der Waals surface area contributed by atoms with Crippen LogP contribution in [0, 0.1) is 0 Å². The first-order valence-electron chi connectivity index (χ1n) is 9.65. The molecule has 0 aliphatic carbocycles.